The fourth-order valence-corrected chi connectivity index (χ4v) is 2.01. The second-order valence-electron chi connectivity index (χ2n) is 4.28. The molecule has 0 N–H and O–H groups in total. The molecule has 0 aliphatic carbocycles. The molecule has 0 saturated heterocycles. The Balaban J connectivity index is 2.38. The number of furan rings is 1. The average Bonchev–Trinajstić information content (AvgIpc) is 2.86. The molecule has 2 rings (SSSR count). The van der Waals surface area contributed by atoms with Crippen LogP contribution in [-0.4, -0.2) is 28.9 Å². The van der Waals surface area contributed by atoms with Gasteiger partial charge in [0.15, 0.2) is 5.76 Å². The zero-order valence-corrected chi connectivity index (χ0v) is 12.4. The van der Waals surface area contributed by atoms with E-state index in [1.165, 1.54) is 12.1 Å². The first kappa shape index (κ1) is 14.5. The third-order valence-corrected chi connectivity index (χ3v) is 3.53. The Morgan fingerprint density at radius 1 is 1.35 bits per heavy atom. The molecular weight excluding hydrogens is 300 g/mol. The highest BCUT2D eigenvalue weighted by Gasteiger charge is 2.15. The minimum Gasteiger partial charge on any atom is -0.454 e. The number of thiocarbonyl (C=S) groups is 1. The van der Waals surface area contributed by atoms with Crippen molar-refractivity contribution >= 4 is 34.5 Å². The van der Waals surface area contributed by atoms with Crippen LogP contribution < -0.4 is 0 Å². The summed E-state index contributed by atoms with van der Waals surface area (Å²) in [5.41, 5.74) is 0.527. The van der Waals surface area contributed by atoms with Crippen molar-refractivity contribution in [2.45, 2.75) is 0 Å². The maximum absolute atomic E-state index is 10.7. The Hall–Kier alpha value is -1.92. The number of nitrogens with zero attached hydrogens (tertiary/aromatic N) is 2. The van der Waals surface area contributed by atoms with Gasteiger partial charge in [-0.05, 0) is 18.2 Å². The second kappa shape index (κ2) is 5.60. The number of non-ortho nitro benzene ring substituents is 1. The van der Waals surface area contributed by atoms with Gasteiger partial charge in [-0.15, -0.1) is 0 Å². The predicted molar refractivity (Wildman–Crippen MR) is 81.2 cm³/mol. The van der Waals surface area contributed by atoms with E-state index in [1.807, 2.05) is 14.1 Å². The average molecular weight is 311 g/mol. The minimum atomic E-state index is -0.496. The summed E-state index contributed by atoms with van der Waals surface area (Å²) in [6.07, 6.45) is 0. The summed E-state index contributed by atoms with van der Waals surface area (Å²) >= 11 is 11.3. The van der Waals surface area contributed by atoms with E-state index in [4.69, 9.17) is 28.2 Å². The van der Waals surface area contributed by atoms with Gasteiger partial charge >= 0.3 is 0 Å². The maximum Gasteiger partial charge on any atom is 0.270 e. The number of hydrogen-bond donors (Lipinski definition) is 0. The van der Waals surface area contributed by atoms with Crippen LogP contribution in [-0.2, 0) is 0 Å². The first-order chi connectivity index (χ1) is 9.40. The maximum atomic E-state index is 10.7. The second-order valence-corrected chi connectivity index (χ2v) is 5.08. The summed E-state index contributed by atoms with van der Waals surface area (Å²) in [4.78, 5) is 12.5. The van der Waals surface area contributed by atoms with Crippen molar-refractivity contribution in [2.75, 3.05) is 14.1 Å². The topological polar surface area (TPSA) is 59.5 Å². The van der Waals surface area contributed by atoms with Crippen LogP contribution in [0.5, 0.6) is 0 Å². The van der Waals surface area contributed by atoms with Crippen molar-refractivity contribution in [1.82, 2.24) is 4.90 Å². The van der Waals surface area contributed by atoms with Gasteiger partial charge in [0.2, 0.25) is 0 Å². The molecule has 20 heavy (non-hydrogen) atoms. The van der Waals surface area contributed by atoms with E-state index in [-0.39, 0.29) is 10.7 Å². The van der Waals surface area contributed by atoms with Crippen LogP contribution in [0.4, 0.5) is 5.69 Å². The SMILES string of the molecule is CN(C)C(=S)c1ccc(-c2ccc([N+](=O)[O-])cc2Cl)o1. The first-order valence-corrected chi connectivity index (χ1v) is 6.44. The quantitative estimate of drug-likeness (QED) is 0.491. The Bertz CT molecular complexity index is 682. The molecule has 0 aliphatic rings. The molecule has 0 aliphatic heterocycles. The van der Waals surface area contributed by atoms with Crippen molar-refractivity contribution in [1.29, 1.82) is 0 Å². The van der Waals surface area contributed by atoms with Gasteiger partial charge < -0.3 is 9.32 Å². The lowest BCUT2D eigenvalue weighted by Gasteiger charge is -2.10. The molecular formula is C13H11ClN2O3S. The summed E-state index contributed by atoms with van der Waals surface area (Å²) in [6.45, 7) is 0. The van der Waals surface area contributed by atoms with Crippen molar-refractivity contribution in [3.8, 4) is 11.3 Å². The molecule has 0 bridgehead atoms. The molecule has 1 aromatic heterocycles. The van der Waals surface area contributed by atoms with Gasteiger partial charge in [-0.25, -0.2) is 0 Å². The normalized spacial score (nSPS) is 10.3. The first-order valence-electron chi connectivity index (χ1n) is 5.66. The van der Waals surface area contributed by atoms with Gasteiger partial charge in [0.1, 0.15) is 10.7 Å². The smallest absolute Gasteiger partial charge is 0.270 e. The highest BCUT2D eigenvalue weighted by atomic mass is 35.5. The Kier molecular flexibility index (Phi) is 4.06. The third kappa shape index (κ3) is 2.81. The number of halogens is 1. The molecule has 0 unspecified atom stereocenters. The van der Waals surface area contributed by atoms with Crippen LogP contribution >= 0.6 is 23.8 Å². The lowest BCUT2D eigenvalue weighted by Crippen LogP contribution is -2.19. The predicted octanol–water partition coefficient (Wildman–Crippen LogP) is 3.75. The van der Waals surface area contributed by atoms with E-state index in [0.29, 0.717) is 22.1 Å². The molecule has 0 radical (unpaired) electrons. The zero-order valence-electron chi connectivity index (χ0n) is 10.8. The number of nitro groups is 1. The van der Waals surface area contributed by atoms with Crippen LogP contribution in [0.15, 0.2) is 34.7 Å². The van der Waals surface area contributed by atoms with E-state index in [9.17, 15) is 10.1 Å². The molecule has 7 heteroatoms. The van der Waals surface area contributed by atoms with E-state index in [0.717, 1.165) is 0 Å². The van der Waals surface area contributed by atoms with Crippen molar-refractivity contribution in [3.63, 3.8) is 0 Å². The standard InChI is InChI=1S/C13H11ClN2O3S/c1-15(2)13(20)12-6-5-11(19-12)9-4-3-8(16(17)18)7-10(9)14/h3-7H,1-2H3. The fourth-order valence-electron chi connectivity index (χ4n) is 1.64. The number of hydrogen-bond acceptors (Lipinski definition) is 4. The van der Waals surface area contributed by atoms with Crippen LogP contribution in [0.1, 0.15) is 5.76 Å². The van der Waals surface area contributed by atoms with E-state index < -0.39 is 4.92 Å². The molecule has 0 atom stereocenters. The molecule has 0 amide bonds. The molecule has 0 fully saturated rings. The molecule has 1 heterocycles. The molecule has 2 aromatic rings. The lowest BCUT2D eigenvalue weighted by atomic mass is 10.1. The van der Waals surface area contributed by atoms with Gasteiger partial charge in [-0.1, -0.05) is 23.8 Å². The number of rotatable bonds is 3. The Morgan fingerprint density at radius 3 is 2.60 bits per heavy atom. The number of nitro benzene ring substituents is 1. The van der Waals surface area contributed by atoms with E-state index in [2.05, 4.69) is 0 Å². The Morgan fingerprint density at radius 2 is 2.05 bits per heavy atom. The molecule has 0 spiro atoms. The molecule has 5 nitrogen and oxygen atoms in total. The summed E-state index contributed by atoms with van der Waals surface area (Å²) in [5, 5.41) is 10.9. The van der Waals surface area contributed by atoms with E-state index in [1.54, 1.807) is 23.1 Å². The zero-order chi connectivity index (χ0) is 14.9. The van der Waals surface area contributed by atoms with Crippen molar-refractivity contribution in [2.24, 2.45) is 0 Å². The van der Waals surface area contributed by atoms with Gasteiger partial charge in [0.25, 0.3) is 5.69 Å². The third-order valence-electron chi connectivity index (χ3n) is 2.65. The lowest BCUT2D eigenvalue weighted by molar-refractivity contribution is -0.384. The molecule has 104 valence electrons. The monoisotopic (exact) mass is 310 g/mol. The van der Waals surface area contributed by atoms with Gasteiger partial charge in [-0.3, -0.25) is 10.1 Å². The largest absolute Gasteiger partial charge is 0.454 e. The molecule has 1 aromatic carbocycles. The summed E-state index contributed by atoms with van der Waals surface area (Å²) < 4.78 is 5.64. The summed E-state index contributed by atoms with van der Waals surface area (Å²) in [5.74, 6) is 1.07. The van der Waals surface area contributed by atoms with Crippen LogP contribution in [0.2, 0.25) is 5.02 Å². The van der Waals surface area contributed by atoms with Gasteiger partial charge in [0.05, 0.1) is 9.95 Å². The van der Waals surface area contributed by atoms with Crippen molar-refractivity contribution in [3.05, 3.63) is 51.2 Å². The fraction of sp³-hybridized carbons (Fsp3) is 0.154. The van der Waals surface area contributed by atoms with Crippen molar-refractivity contribution < 1.29 is 9.34 Å². The minimum absolute atomic E-state index is 0.0608. The van der Waals surface area contributed by atoms with Gasteiger partial charge in [-0.2, -0.15) is 0 Å². The Labute approximate surface area is 125 Å². The van der Waals surface area contributed by atoms with Gasteiger partial charge in [0, 0.05) is 31.8 Å². The number of benzene rings is 1. The van der Waals surface area contributed by atoms with E-state index >= 15 is 0 Å². The van der Waals surface area contributed by atoms with Crippen LogP contribution in [0.25, 0.3) is 11.3 Å². The highest BCUT2D eigenvalue weighted by Crippen LogP contribution is 2.32. The molecule has 0 saturated carbocycles. The van der Waals surface area contributed by atoms with Crippen LogP contribution in [0.3, 0.4) is 0 Å². The summed E-state index contributed by atoms with van der Waals surface area (Å²) in [6, 6.07) is 7.71. The summed E-state index contributed by atoms with van der Waals surface area (Å²) in [7, 11) is 3.65. The van der Waals surface area contributed by atoms with Crippen LogP contribution in [0, 0.1) is 10.1 Å². The highest BCUT2D eigenvalue weighted by molar-refractivity contribution is 7.80.